The van der Waals surface area contributed by atoms with E-state index in [9.17, 15) is 0 Å². The third kappa shape index (κ3) is 34.8. The Labute approximate surface area is 240 Å². The van der Waals surface area contributed by atoms with Crippen molar-refractivity contribution in [3.8, 4) is 0 Å². The molecule has 0 unspecified atom stereocenters. The highest BCUT2D eigenvalue weighted by Crippen LogP contribution is 2.11. The number of hydrogen-bond donors (Lipinski definition) is 0. The van der Waals surface area contributed by atoms with E-state index in [1.54, 1.807) is 0 Å². The molecule has 0 radical (unpaired) electrons. The van der Waals surface area contributed by atoms with E-state index in [4.69, 9.17) is 0 Å². The number of allylic oxidation sites excluding steroid dienone is 4. The molecule has 222 valence electrons. The summed E-state index contributed by atoms with van der Waals surface area (Å²) in [4.78, 5) is 0. The van der Waals surface area contributed by atoms with Gasteiger partial charge in [-0.15, -0.1) is 0 Å². The van der Waals surface area contributed by atoms with E-state index in [-0.39, 0.29) is 0 Å². The Morgan fingerprint density at radius 1 is 0.289 bits per heavy atom. The van der Waals surface area contributed by atoms with Crippen molar-refractivity contribution < 1.29 is 0 Å². The lowest BCUT2D eigenvalue weighted by atomic mass is 10.1. The second-order valence-electron chi connectivity index (χ2n) is 11.3. The van der Waals surface area contributed by atoms with Crippen molar-refractivity contribution >= 4 is 12.4 Å². The average molecular weight is 529 g/mol. The fourth-order valence-electron chi connectivity index (χ4n) is 4.82. The molecular weight excluding hydrogens is 460 g/mol. The molecule has 0 amide bonds. The highest BCUT2D eigenvalue weighted by molar-refractivity contribution is 5.61. The van der Waals surface area contributed by atoms with Crippen LogP contribution < -0.4 is 0 Å². The standard InChI is InChI=1S/C36H68N2/c1-3-5-7-9-11-13-15-17-19-21-23-25-27-29-31-33-35-37-38-36-34-32-30-28-26-24-22-20-18-16-14-12-10-8-6-4-2/h17-20,35-36H,3-16,21-34H2,1-2H3/b19-17-,20-18-,37-35-,38-36-. The molecule has 0 saturated carbocycles. The average Bonchev–Trinajstić information content (AvgIpc) is 2.93. The van der Waals surface area contributed by atoms with Gasteiger partial charge in [-0.25, -0.2) is 0 Å². The molecular formula is C36H68N2. The minimum absolute atomic E-state index is 1.07. The largest absolute Gasteiger partial charge is 0.164 e. The van der Waals surface area contributed by atoms with E-state index in [1.807, 2.05) is 12.4 Å². The van der Waals surface area contributed by atoms with Crippen molar-refractivity contribution in [1.82, 2.24) is 0 Å². The van der Waals surface area contributed by atoms with Gasteiger partial charge in [0.15, 0.2) is 0 Å². The summed E-state index contributed by atoms with van der Waals surface area (Å²) in [6.45, 7) is 4.57. The first-order valence-corrected chi connectivity index (χ1v) is 17.2. The first-order valence-electron chi connectivity index (χ1n) is 17.2. The van der Waals surface area contributed by atoms with Gasteiger partial charge in [0.05, 0.1) is 0 Å². The van der Waals surface area contributed by atoms with Crippen LogP contribution in [0.1, 0.15) is 194 Å². The molecule has 2 nitrogen and oxygen atoms in total. The molecule has 0 atom stereocenters. The van der Waals surface area contributed by atoms with Gasteiger partial charge in [-0.05, 0) is 77.0 Å². The van der Waals surface area contributed by atoms with Crippen LogP contribution in [-0.2, 0) is 0 Å². The Bertz CT molecular complexity index is 483. The third-order valence-corrected chi connectivity index (χ3v) is 7.42. The number of hydrogen-bond acceptors (Lipinski definition) is 2. The Morgan fingerprint density at radius 3 is 0.816 bits per heavy atom. The van der Waals surface area contributed by atoms with Crippen molar-refractivity contribution in [3.63, 3.8) is 0 Å². The maximum absolute atomic E-state index is 4.21. The van der Waals surface area contributed by atoms with Gasteiger partial charge in [0, 0.05) is 12.4 Å². The van der Waals surface area contributed by atoms with E-state index >= 15 is 0 Å². The summed E-state index contributed by atoms with van der Waals surface area (Å²) in [5, 5.41) is 8.42. The van der Waals surface area contributed by atoms with Gasteiger partial charge in [0.25, 0.3) is 0 Å². The summed E-state index contributed by atoms with van der Waals surface area (Å²) in [6, 6.07) is 0. The molecule has 38 heavy (non-hydrogen) atoms. The maximum atomic E-state index is 4.21. The molecule has 0 aliphatic rings. The Kier molecular flexibility index (Phi) is 34.7. The predicted molar refractivity (Wildman–Crippen MR) is 176 cm³/mol. The molecule has 0 aromatic carbocycles. The van der Waals surface area contributed by atoms with E-state index < -0.39 is 0 Å². The van der Waals surface area contributed by atoms with E-state index in [2.05, 4.69) is 48.4 Å². The Morgan fingerprint density at radius 2 is 0.526 bits per heavy atom. The molecule has 0 saturated heterocycles. The van der Waals surface area contributed by atoms with Crippen LogP contribution >= 0.6 is 0 Å². The van der Waals surface area contributed by atoms with Crippen molar-refractivity contribution in [3.05, 3.63) is 24.3 Å². The van der Waals surface area contributed by atoms with E-state index in [0.717, 1.165) is 12.8 Å². The number of nitrogens with zero attached hydrogens (tertiary/aromatic N) is 2. The normalized spacial score (nSPS) is 12.4. The topological polar surface area (TPSA) is 24.7 Å². The van der Waals surface area contributed by atoms with Gasteiger partial charge in [-0.3, -0.25) is 0 Å². The monoisotopic (exact) mass is 529 g/mol. The molecule has 0 rings (SSSR count). The highest BCUT2D eigenvalue weighted by atomic mass is 15.2. The first-order chi connectivity index (χ1) is 18.9. The van der Waals surface area contributed by atoms with Crippen molar-refractivity contribution in [2.24, 2.45) is 10.2 Å². The van der Waals surface area contributed by atoms with Gasteiger partial charge in [-0.2, -0.15) is 10.2 Å². The van der Waals surface area contributed by atoms with Gasteiger partial charge in [0.1, 0.15) is 0 Å². The molecule has 0 aromatic heterocycles. The first kappa shape index (κ1) is 36.8. The molecule has 0 N–H and O–H groups in total. The fraction of sp³-hybridized carbons (Fsp3) is 0.833. The summed E-state index contributed by atoms with van der Waals surface area (Å²) in [5.74, 6) is 0. The molecule has 0 aromatic rings. The van der Waals surface area contributed by atoms with Crippen LogP contribution in [0, 0.1) is 0 Å². The van der Waals surface area contributed by atoms with Crippen molar-refractivity contribution in [1.29, 1.82) is 0 Å². The molecule has 0 fully saturated rings. The zero-order valence-electron chi connectivity index (χ0n) is 26.2. The summed E-state index contributed by atoms with van der Waals surface area (Å²) in [7, 11) is 0. The lowest BCUT2D eigenvalue weighted by Crippen LogP contribution is -1.82. The smallest absolute Gasteiger partial charge is 0.0270 e. The molecule has 0 heterocycles. The van der Waals surface area contributed by atoms with Crippen molar-refractivity contribution in [2.45, 2.75) is 194 Å². The maximum Gasteiger partial charge on any atom is 0.0270 e. The van der Waals surface area contributed by atoms with Gasteiger partial charge < -0.3 is 0 Å². The van der Waals surface area contributed by atoms with Crippen LogP contribution in [-0.4, -0.2) is 12.4 Å². The number of unbranched alkanes of at least 4 members (excludes halogenated alkanes) is 24. The van der Waals surface area contributed by atoms with Crippen LogP contribution in [0.25, 0.3) is 0 Å². The molecule has 0 spiro atoms. The van der Waals surface area contributed by atoms with Crippen LogP contribution in [0.3, 0.4) is 0 Å². The lowest BCUT2D eigenvalue weighted by Gasteiger charge is -1.99. The lowest BCUT2D eigenvalue weighted by molar-refractivity contribution is 0.610. The second-order valence-corrected chi connectivity index (χ2v) is 11.3. The van der Waals surface area contributed by atoms with Crippen LogP contribution in [0.4, 0.5) is 0 Å². The van der Waals surface area contributed by atoms with Gasteiger partial charge >= 0.3 is 0 Å². The SMILES string of the molecule is CCCCCCCC/C=C\CCCCCCC/C=N\N=C/CCCCCCC/C=C\CCCCCCCC. The van der Waals surface area contributed by atoms with Crippen LogP contribution in [0.5, 0.6) is 0 Å². The Balaban J connectivity index is 3.24. The summed E-state index contributed by atoms with van der Waals surface area (Å²) in [5.41, 5.74) is 0. The Hall–Kier alpha value is -1.18. The summed E-state index contributed by atoms with van der Waals surface area (Å²) in [6.07, 6.45) is 51.0. The molecule has 0 bridgehead atoms. The zero-order valence-corrected chi connectivity index (χ0v) is 26.2. The highest BCUT2D eigenvalue weighted by Gasteiger charge is 1.92. The molecule has 0 aliphatic heterocycles. The molecule has 0 aliphatic carbocycles. The third-order valence-electron chi connectivity index (χ3n) is 7.42. The minimum Gasteiger partial charge on any atom is -0.164 e. The number of rotatable bonds is 31. The molecule has 2 heteroatoms. The minimum atomic E-state index is 1.07. The zero-order chi connectivity index (χ0) is 27.5. The van der Waals surface area contributed by atoms with Crippen molar-refractivity contribution in [2.75, 3.05) is 0 Å². The fourth-order valence-corrected chi connectivity index (χ4v) is 4.82. The summed E-state index contributed by atoms with van der Waals surface area (Å²) >= 11 is 0. The van der Waals surface area contributed by atoms with Gasteiger partial charge in [0.2, 0.25) is 0 Å². The predicted octanol–water partition coefficient (Wildman–Crippen LogP) is 13.1. The summed E-state index contributed by atoms with van der Waals surface area (Å²) < 4.78 is 0. The van der Waals surface area contributed by atoms with E-state index in [1.165, 1.54) is 167 Å². The van der Waals surface area contributed by atoms with E-state index in [0.29, 0.717) is 0 Å². The van der Waals surface area contributed by atoms with Crippen LogP contribution in [0.2, 0.25) is 0 Å². The van der Waals surface area contributed by atoms with Gasteiger partial charge in [-0.1, -0.05) is 141 Å². The van der Waals surface area contributed by atoms with Crippen LogP contribution in [0.15, 0.2) is 34.5 Å². The second kappa shape index (κ2) is 35.8. The quantitative estimate of drug-likeness (QED) is 0.0370.